The molecule has 0 unspecified atom stereocenters. The maximum Gasteiger partial charge on any atom is 0.291 e. The van der Waals surface area contributed by atoms with Crippen LogP contribution in [-0.4, -0.2) is 10.9 Å². The number of nitrogens with zero attached hydrogens (tertiary/aromatic N) is 1. The molecule has 2 heterocycles. The van der Waals surface area contributed by atoms with Gasteiger partial charge in [0.15, 0.2) is 10.9 Å². The molecule has 2 aromatic rings. The number of furan rings is 1. The van der Waals surface area contributed by atoms with Gasteiger partial charge in [0.05, 0.1) is 12.0 Å². The minimum atomic E-state index is -0.344. The van der Waals surface area contributed by atoms with Crippen molar-refractivity contribution in [1.29, 1.82) is 0 Å². The number of nitrogens with one attached hydrogen (secondary N) is 1. The quantitative estimate of drug-likeness (QED) is 0.816. The molecule has 1 amide bonds. The zero-order valence-electron chi connectivity index (χ0n) is 8.53. The largest absolute Gasteiger partial charge is 0.459 e. The fourth-order valence-electron chi connectivity index (χ4n) is 1.26. The molecule has 0 saturated heterocycles. The summed E-state index contributed by atoms with van der Waals surface area (Å²) in [5.41, 5.74) is 1.35. The van der Waals surface area contributed by atoms with E-state index in [2.05, 4.69) is 10.3 Å². The number of hydrogen-bond acceptors (Lipinski definition) is 3. The minimum absolute atomic E-state index is 0.235. The molecule has 0 fully saturated rings. The van der Waals surface area contributed by atoms with Crippen LogP contribution < -0.4 is 5.32 Å². The van der Waals surface area contributed by atoms with Gasteiger partial charge in [0.1, 0.15) is 0 Å². The van der Waals surface area contributed by atoms with Crippen molar-refractivity contribution in [3.8, 4) is 0 Å². The summed E-state index contributed by atoms with van der Waals surface area (Å²) >= 11 is 5.88. The molecule has 0 aromatic carbocycles. The zero-order valence-corrected chi connectivity index (χ0v) is 9.28. The van der Waals surface area contributed by atoms with Crippen molar-refractivity contribution in [2.45, 2.75) is 6.92 Å². The molecule has 0 bridgehead atoms. The maximum atomic E-state index is 11.7. The van der Waals surface area contributed by atoms with Crippen LogP contribution in [0.3, 0.4) is 0 Å². The van der Waals surface area contributed by atoms with E-state index in [-0.39, 0.29) is 16.8 Å². The molecule has 0 aliphatic carbocycles. The van der Waals surface area contributed by atoms with E-state index in [1.165, 1.54) is 6.26 Å². The summed E-state index contributed by atoms with van der Waals surface area (Å²) in [4.78, 5) is 15.6. The van der Waals surface area contributed by atoms with Crippen molar-refractivity contribution < 1.29 is 9.21 Å². The van der Waals surface area contributed by atoms with Crippen molar-refractivity contribution in [1.82, 2.24) is 4.98 Å². The van der Waals surface area contributed by atoms with Gasteiger partial charge < -0.3 is 9.73 Å². The lowest BCUT2D eigenvalue weighted by molar-refractivity contribution is 0.0996. The lowest BCUT2D eigenvalue weighted by atomic mass is 10.2. The highest BCUT2D eigenvalue weighted by Crippen LogP contribution is 2.23. The highest BCUT2D eigenvalue weighted by molar-refractivity contribution is 6.32. The fraction of sp³-hybridized carbons (Fsp3) is 0.0909. The third-order valence-electron chi connectivity index (χ3n) is 2.10. The number of amides is 1. The Kier molecular flexibility index (Phi) is 2.92. The maximum absolute atomic E-state index is 11.7. The second-order valence-corrected chi connectivity index (χ2v) is 3.58. The van der Waals surface area contributed by atoms with E-state index in [9.17, 15) is 4.79 Å². The third kappa shape index (κ3) is 2.06. The van der Waals surface area contributed by atoms with Crippen molar-refractivity contribution >= 4 is 23.2 Å². The van der Waals surface area contributed by atoms with Gasteiger partial charge >= 0.3 is 0 Å². The van der Waals surface area contributed by atoms with Crippen LogP contribution in [0.4, 0.5) is 5.69 Å². The molecule has 2 aromatic heterocycles. The summed E-state index contributed by atoms with van der Waals surface area (Å²) in [6.07, 6.45) is 3.02. The van der Waals surface area contributed by atoms with Crippen LogP contribution in [-0.2, 0) is 0 Å². The molecule has 5 heteroatoms. The van der Waals surface area contributed by atoms with Gasteiger partial charge in [0.2, 0.25) is 0 Å². The molecular weight excluding hydrogens is 228 g/mol. The van der Waals surface area contributed by atoms with Crippen molar-refractivity contribution in [2.75, 3.05) is 5.32 Å². The van der Waals surface area contributed by atoms with Crippen LogP contribution in [0.1, 0.15) is 16.1 Å². The number of aromatic nitrogens is 1. The Balaban J connectivity index is 2.25. The van der Waals surface area contributed by atoms with Crippen LogP contribution in [0.2, 0.25) is 5.15 Å². The van der Waals surface area contributed by atoms with Crippen molar-refractivity contribution in [3.05, 3.63) is 47.1 Å². The van der Waals surface area contributed by atoms with Gasteiger partial charge in [-0.05, 0) is 30.7 Å². The Morgan fingerprint density at radius 2 is 2.31 bits per heavy atom. The Labute approximate surface area is 97.2 Å². The second-order valence-electron chi connectivity index (χ2n) is 3.23. The minimum Gasteiger partial charge on any atom is -0.459 e. The molecule has 0 spiro atoms. The summed E-state index contributed by atoms with van der Waals surface area (Å²) in [6.45, 7) is 1.84. The number of pyridine rings is 1. The van der Waals surface area contributed by atoms with Gasteiger partial charge in [-0.15, -0.1) is 0 Å². The van der Waals surface area contributed by atoms with Gasteiger partial charge in [-0.2, -0.15) is 0 Å². The average molecular weight is 237 g/mol. The lowest BCUT2D eigenvalue weighted by Gasteiger charge is -2.07. The first-order chi connectivity index (χ1) is 7.68. The summed E-state index contributed by atoms with van der Waals surface area (Å²) in [5, 5.41) is 2.92. The monoisotopic (exact) mass is 236 g/mol. The molecule has 2 rings (SSSR count). The predicted molar refractivity (Wildman–Crippen MR) is 60.6 cm³/mol. The first-order valence-corrected chi connectivity index (χ1v) is 5.02. The first kappa shape index (κ1) is 10.7. The number of hydrogen-bond donors (Lipinski definition) is 1. The molecule has 82 valence electrons. The number of rotatable bonds is 2. The van der Waals surface area contributed by atoms with Crippen molar-refractivity contribution in [3.63, 3.8) is 0 Å². The van der Waals surface area contributed by atoms with Crippen LogP contribution >= 0.6 is 11.6 Å². The fourth-order valence-corrected chi connectivity index (χ4v) is 1.51. The Hall–Kier alpha value is -1.81. The van der Waals surface area contributed by atoms with Gasteiger partial charge in [-0.25, -0.2) is 4.98 Å². The average Bonchev–Trinajstić information content (AvgIpc) is 2.76. The predicted octanol–water partition coefficient (Wildman–Crippen LogP) is 2.89. The molecule has 0 radical (unpaired) electrons. The summed E-state index contributed by atoms with van der Waals surface area (Å²) in [7, 11) is 0. The van der Waals surface area contributed by atoms with Crippen LogP contribution in [0.15, 0.2) is 35.1 Å². The summed E-state index contributed by atoms with van der Waals surface area (Å²) in [6, 6.07) is 4.99. The van der Waals surface area contributed by atoms with E-state index in [1.807, 2.05) is 6.92 Å². The molecule has 0 aliphatic rings. The first-order valence-electron chi connectivity index (χ1n) is 4.64. The SMILES string of the molecule is Cc1ccnc(Cl)c1NC(=O)c1ccco1. The topological polar surface area (TPSA) is 55.1 Å². The van der Waals surface area contributed by atoms with E-state index in [0.717, 1.165) is 5.56 Å². The third-order valence-corrected chi connectivity index (χ3v) is 2.38. The molecule has 16 heavy (non-hydrogen) atoms. The molecule has 0 saturated carbocycles. The Morgan fingerprint density at radius 1 is 1.50 bits per heavy atom. The van der Waals surface area contributed by atoms with E-state index in [1.54, 1.807) is 24.4 Å². The van der Waals surface area contributed by atoms with Gasteiger partial charge in [-0.3, -0.25) is 4.79 Å². The van der Waals surface area contributed by atoms with E-state index in [4.69, 9.17) is 16.0 Å². The Bertz CT molecular complexity index is 488. The van der Waals surface area contributed by atoms with Gasteiger partial charge in [0, 0.05) is 6.20 Å². The molecular formula is C11H9ClN2O2. The molecule has 1 N–H and O–H groups in total. The Morgan fingerprint density at radius 3 is 2.94 bits per heavy atom. The van der Waals surface area contributed by atoms with E-state index < -0.39 is 0 Å². The summed E-state index contributed by atoms with van der Waals surface area (Å²) < 4.78 is 4.97. The van der Waals surface area contributed by atoms with Crippen LogP contribution in [0.5, 0.6) is 0 Å². The van der Waals surface area contributed by atoms with E-state index in [0.29, 0.717) is 5.69 Å². The smallest absolute Gasteiger partial charge is 0.291 e. The van der Waals surface area contributed by atoms with E-state index >= 15 is 0 Å². The second kappa shape index (κ2) is 4.37. The van der Waals surface area contributed by atoms with Gasteiger partial charge in [-0.1, -0.05) is 11.6 Å². The molecule has 0 aliphatic heterocycles. The number of halogens is 1. The number of anilines is 1. The van der Waals surface area contributed by atoms with Gasteiger partial charge in [0.25, 0.3) is 5.91 Å². The van der Waals surface area contributed by atoms with Crippen molar-refractivity contribution in [2.24, 2.45) is 0 Å². The van der Waals surface area contributed by atoms with Crippen LogP contribution in [0.25, 0.3) is 0 Å². The molecule has 0 atom stereocenters. The number of carbonyl (C=O) groups excluding carboxylic acids is 1. The highest BCUT2D eigenvalue weighted by atomic mass is 35.5. The lowest BCUT2D eigenvalue weighted by Crippen LogP contribution is -2.12. The highest BCUT2D eigenvalue weighted by Gasteiger charge is 2.12. The van der Waals surface area contributed by atoms with Crippen LogP contribution in [0, 0.1) is 6.92 Å². The standard InChI is InChI=1S/C11H9ClN2O2/c1-7-4-5-13-10(12)9(7)14-11(15)8-3-2-6-16-8/h2-6H,1H3,(H,14,15). The normalized spacial score (nSPS) is 10.1. The number of carbonyl (C=O) groups is 1. The number of aryl methyl sites for hydroxylation is 1. The zero-order chi connectivity index (χ0) is 11.5. The molecule has 4 nitrogen and oxygen atoms in total. The summed E-state index contributed by atoms with van der Waals surface area (Å²) in [5.74, 6) is -0.109.